The van der Waals surface area contributed by atoms with Crippen LogP contribution in [0.25, 0.3) is 10.9 Å². The van der Waals surface area contributed by atoms with Gasteiger partial charge in [-0.3, -0.25) is 4.79 Å². The van der Waals surface area contributed by atoms with Crippen LogP contribution in [0.2, 0.25) is 0 Å². The second-order valence-electron chi connectivity index (χ2n) is 3.28. The predicted molar refractivity (Wildman–Crippen MR) is 54.2 cm³/mol. The molecule has 0 atom stereocenters. The molecule has 15 heavy (non-hydrogen) atoms. The highest BCUT2D eigenvalue weighted by Gasteiger charge is 2.07. The van der Waals surface area contributed by atoms with E-state index in [4.69, 9.17) is 5.11 Å². The second kappa shape index (κ2) is 4.04. The molecule has 0 saturated carbocycles. The zero-order valence-electron chi connectivity index (χ0n) is 8.13. The summed E-state index contributed by atoms with van der Waals surface area (Å²) in [6, 6.07) is 9.68. The monoisotopic (exact) mass is 203 g/mol. The molecule has 0 saturated heterocycles. The van der Waals surface area contributed by atoms with E-state index >= 15 is 0 Å². The first kappa shape index (κ1) is 9.58. The van der Waals surface area contributed by atoms with Gasteiger partial charge in [0.2, 0.25) is 0 Å². The first-order valence-corrected chi connectivity index (χ1v) is 4.73. The summed E-state index contributed by atoms with van der Waals surface area (Å²) in [6.07, 6.45) is 1.89. The number of carboxylic acids is 1. The average Bonchev–Trinajstić information content (AvgIpc) is 2.26. The van der Waals surface area contributed by atoms with Gasteiger partial charge in [-0.05, 0) is 6.07 Å². The summed E-state index contributed by atoms with van der Waals surface area (Å²) in [5, 5.41) is 13.9. The zero-order chi connectivity index (χ0) is 10.7. The summed E-state index contributed by atoms with van der Waals surface area (Å²) in [6.45, 7) is 0.403. The maximum atomic E-state index is 10.4. The van der Waals surface area contributed by atoms with Crippen molar-refractivity contribution in [2.24, 2.45) is 0 Å². The molecule has 76 valence electrons. The Hall–Kier alpha value is -1.97. The molecule has 0 spiro atoms. The van der Waals surface area contributed by atoms with Crippen LogP contribution < -0.4 is 4.68 Å². The Labute approximate surface area is 86.8 Å². The topological polar surface area (TPSA) is 54.1 Å². The maximum absolute atomic E-state index is 10.4. The summed E-state index contributed by atoms with van der Waals surface area (Å²) in [5.74, 6) is -0.808. The molecule has 0 aliphatic rings. The van der Waals surface area contributed by atoms with Gasteiger partial charge in [-0.2, -0.15) is 0 Å². The fourth-order valence-corrected chi connectivity index (χ4v) is 1.39. The molecule has 0 fully saturated rings. The number of nitrogens with zero attached hydrogens (tertiary/aromatic N) is 2. The number of hydrogen-bond acceptors (Lipinski definition) is 2. The molecule has 0 amide bonds. The van der Waals surface area contributed by atoms with Gasteiger partial charge in [0.05, 0.1) is 0 Å². The summed E-state index contributed by atoms with van der Waals surface area (Å²) in [5.41, 5.74) is 0.880. The van der Waals surface area contributed by atoms with Crippen molar-refractivity contribution in [2.45, 2.75) is 13.0 Å². The minimum atomic E-state index is -0.808. The SMILES string of the molecule is O=C(O)CC[n+]1ccc2ccccc2n1. The van der Waals surface area contributed by atoms with Crippen LogP contribution in [0, 0.1) is 0 Å². The molecule has 0 aliphatic heterocycles. The minimum absolute atomic E-state index is 0.0933. The van der Waals surface area contributed by atoms with Crippen LogP contribution in [-0.4, -0.2) is 16.2 Å². The zero-order valence-corrected chi connectivity index (χ0v) is 8.13. The molecule has 1 heterocycles. The number of aromatic nitrogens is 2. The van der Waals surface area contributed by atoms with Crippen molar-refractivity contribution in [1.29, 1.82) is 0 Å². The number of aryl methyl sites for hydroxylation is 1. The Morgan fingerprint density at radius 2 is 2.13 bits per heavy atom. The summed E-state index contributed by atoms with van der Waals surface area (Å²) in [4.78, 5) is 10.4. The van der Waals surface area contributed by atoms with Gasteiger partial charge in [-0.1, -0.05) is 22.9 Å². The van der Waals surface area contributed by atoms with Crippen LogP contribution in [0.1, 0.15) is 6.42 Å². The van der Waals surface area contributed by atoms with Gasteiger partial charge in [0.25, 0.3) is 0 Å². The average molecular weight is 203 g/mol. The van der Waals surface area contributed by atoms with E-state index in [1.807, 2.05) is 30.3 Å². The Kier molecular flexibility index (Phi) is 2.58. The van der Waals surface area contributed by atoms with Crippen LogP contribution in [0.4, 0.5) is 0 Å². The third-order valence-electron chi connectivity index (χ3n) is 2.15. The molecule has 4 nitrogen and oxygen atoms in total. The molecule has 1 aromatic heterocycles. The molecule has 0 unspecified atom stereocenters. The fourth-order valence-electron chi connectivity index (χ4n) is 1.39. The van der Waals surface area contributed by atoms with E-state index in [-0.39, 0.29) is 6.42 Å². The minimum Gasteiger partial charge on any atom is -0.481 e. The molecular weight excluding hydrogens is 192 g/mol. The second-order valence-corrected chi connectivity index (χ2v) is 3.28. The van der Waals surface area contributed by atoms with Crippen LogP contribution in [0.3, 0.4) is 0 Å². The van der Waals surface area contributed by atoms with E-state index in [2.05, 4.69) is 5.10 Å². The summed E-state index contributed by atoms with van der Waals surface area (Å²) >= 11 is 0. The molecule has 2 aromatic rings. The third-order valence-corrected chi connectivity index (χ3v) is 2.15. The lowest BCUT2D eigenvalue weighted by Gasteiger charge is -1.94. The van der Waals surface area contributed by atoms with Gasteiger partial charge in [0.15, 0.2) is 12.7 Å². The molecule has 1 N–H and O–H groups in total. The van der Waals surface area contributed by atoms with E-state index in [0.717, 1.165) is 10.9 Å². The lowest BCUT2D eigenvalue weighted by Crippen LogP contribution is -2.38. The standard InChI is InChI=1S/C11H10N2O2/c14-11(15)6-8-13-7-5-9-3-1-2-4-10(9)12-13/h1-5,7H,6,8H2/p+1. The number of fused-ring (bicyclic) bond motifs is 1. The van der Waals surface area contributed by atoms with E-state index in [0.29, 0.717) is 6.54 Å². The van der Waals surface area contributed by atoms with Gasteiger partial charge in [0, 0.05) is 16.6 Å². The molecule has 0 aliphatic carbocycles. The normalized spacial score (nSPS) is 10.4. The van der Waals surface area contributed by atoms with E-state index < -0.39 is 5.97 Å². The van der Waals surface area contributed by atoms with Crippen LogP contribution in [-0.2, 0) is 11.3 Å². The van der Waals surface area contributed by atoms with Crippen molar-refractivity contribution in [1.82, 2.24) is 5.10 Å². The molecule has 1 aromatic carbocycles. The van der Waals surface area contributed by atoms with E-state index in [1.165, 1.54) is 0 Å². The number of carboxylic acid groups (broad SMARTS) is 1. The van der Waals surface area contributed by atoms with Gasteiger partial charge in [-0.15, -0.1) is 0 Å². The molecule has 4 heteroatoms. The molecule has 0 radical (unpaired) electrons. The Bertz CT molecular complexity index is 497. The number of hydrogen-bond donors (Lipinski definition) is 1. The predicted octanol–water partition coefficient (Wildman–Crippen LogP) is 0.997. The molecular formula is C11H11N2O2+. The maximum Gasteiger partial charge on any atom is 0.309 e. The van der Waals surface area contributed by atoms with Gasteiger partial charge in [0.1, 0.15) is 11.9 Å². The van der Waals surface area contributed by atoms with Gasteiger partial charge >= 0.3 is 5.97 Å². The quantitative estimate of drug-likeness (QED) is 0.757. The third kappa shape index (κ3) is 2.28. The highest BCUT2D eigenvalue weighted by atomic mass is 16.4. The van der Waals surface area contributed by atoms with Crippen molar-refractivity contribution in [3.8, 4) is 0 Å². The summed E-state index contributed by atoms with van der Waals surface area (Å²) < 4.78 is 1.65. The van der Waals surface area contributed by atoms with Gasteiger partial charge in [-0.25, -0.2) is 0 Å². The van der Waals surface area contributed by atoms with E-state index in [1.54, 1.807) is 10.9 Å². The lowest BCUT2D eigenvalue weighted by atomic mass is 10.2. The molecule has 2 rings (SSSR count). The summed E-state index contributed by atoms with van der Waals surface area (Å²) in [7, 11) is 0. The highest BCUT2D eigenvalue weighted by Crippen LogP contribution is 2.06. The number of rotatable bonds is 3. The van der Waals surface area contributed by atoms with Crippen molar-refractivity contribution in [3.63, 3.8) is 0 Å². The van der Waals surface area contributed by atoms with E-state index in [9.17, 15) is 4.79 Å². The lowest BCUT2D eigenvalue weighted by molar-refractivity contribution is -0.750. The van der Waals surface area contributed by atoms with Crippen molar-refractivity contribution < 1.29 is 14.6 Å². The highest BCUT2D eigenvalue weighted by molar-refractivity contribution is 5.76. The number of aliphatic carboxylic acids is 1. The first-order chi connectivity index (χ1) is 7.25. The number of carbonyl (C=O) groups is 1. The Morgan fingerprint density at radius 1 is 1.33 bits per heavy atom. The largest absolute Gasteiger partial charge is 0.481 e. The van der Waals surface area contributed by atoms with Crippen LogP contribution in [0.15, 0.2) is 36.5 Å². The Balaban J connectivity index is 2.26. The Morgan fingerprint density at radius 3 is 2.93 bits per heavy atom. The smallest absolute Gasteiger partial charge is 0.309 e. The van der Waals surface area contributed by atoms with Crippen LogP contribution in [0.5, 0.6) is 0 Å². The van der Waals surface area contributed by atoms with Crippen LogP contribution >= 0.6 is 0 Å². The van der Waals surface area contributed by atoms with Gasteiger partial charge < -0.3 is 5.11 Å². The van der Waals surface area contributed by atoms with Crippen molar-refractivity contribution in [3.05, 3.63) is 36.5 Å². The number of benzene rings is 1. The van der Waals surface area contributed by atoms with Crippen molar-refractivity contribution >= 4 is 16.9 Å². The fraction of sp³-hybridized carbons (Fsp3) is 0.182. The van der Waals surface area contributed by atoms with Crippen molar-refractivity contribution in [2.75, 3.05) is 0 Å². The first-order valence-electron chi connectivity index (χ1n) is 4.73. The molecule has 0 bridgehead atoms.